The second-order valence-electron chi connectivity index (χ2n) is 3.75. The number of nitrogens with zero attached hydrogens (tertiary/aromatic N) is 2. The van der Waals surface area contributed by atoms with E-state index in [0.29, 0.717) is 27.7 Å². The molecule has 0 aliphatic carbocycles. The molecule has 0 radical (unpaired) electrons. The highest BCUT2D eigenvalue weighted by Gasteiger charge is 2.19. The molecule has 94 valence electrons. The van der Waals surface area contributed by atoms with Gasteiger partial charge in [0.05, 0.1) is 18.3 Å². The van der Waals surface area contributed by atoms with Gasteiger partial charge >= 0.3 is 0 Å². The zero-order valence-electron chi connectivity index (χ0n) is 9.98. The number of aromatic nitrogens is 2. The molecule has 6 heteroatoms. The lowest BCUT2D eigenvalue weighted by atomic mass is 10.1. The minimum Gasteiger partial charge on any atom is -0.497 e. The van der Waals surface area contributed by atoms with E-state index < -0.39 is 0 Å². The number of anilines is 1. The number of methoxy groups -OCH3 is 1. The quantitative estimate of drug-likeness (QED) is 0.680. The van der Waals surface area contributed by atoms with Crippen LogP contribution in [0.3, 0.4) is 0 Å². The first kappa shape index (κ1) is 12.4. The van der Waals surface area contributed by atoms with E-state index in [-0.39, 0.29) is 5.78 Å². The van der Waals surface area contributed by atoms with E-state index in [4.69, 9.17) is 22.1 Å². The van der Waals surface area contributed by atoms with Crippen molar-refractivity contribution in [1.29, 1.82) is 0 Å². The first-order chi connectivity index (χ1) is 8.54. The molecule has 18 heavy (non-hydrogen) atoms. The fraction of sp³-hybridized carbons (Fsp3) is 0.167. The van der Waals surface area contributed by atoms with Gasteiger partial charge in [-0.3, -0.25) is 9.48 Å². The van der Waals surface area contributed by atoms with Crippen LogP contribution < -0.4 is 10.5 Å². The molecule has 0 amide bonds. The van der Waals surface area contributed by atoms with E-state index in [1.54, 1.807) is 25.2 Å². The van der Waals surface area contributed by atoms with Gasteiger partial charge in [-0.1, -0.05) is 11.6 Å². The topological polar surface area (TPSA) is 70.1 Å². The summed E-state index contributed by atoms with van der Waals surface area (Å²) in [6, 6.07) is 4.88. The number of hydrogen-bond donors (Lipinski definition) is 1. The van der Waals surface area contributed by atoms with Crippen molar-refractivity contribution in [3.8, 4) is 5.75 Å². The Kier molecular flexibility index (Phi) is 3.25. The molecule has 0 bridgehead atoms. The molecule has 0 aliphatic heterocycles. The Hall–Kier alpha value is -2.01. The van der Waals surface area contributed by atoms with Crippen LogP contribution in [0.1, 0.15) is 16.1 Å². The lowest BCUT2D eigenvalue weighted by molar-refractivity contribution is 0.103. The summed E-state index contributed by atoms with van der Waals surface area (Å²) in [5.41, 5.74) is 6.86. The Labute approximate surface area is 109 Å². The Bertz CT molecular complexity index is 588. The van der Waals surface area contributed by atoms with Crippen molar-refractivity contribution in [2.75, 3.05) is 12.8 Å². The third-order valence-corrected chi connectivity index (χ3v) is 2.89. The minimum absolute atomic E-state index is 0.264. The minimum atomic E-state index is -0.264. The van der Waals surface area contributed by atoms with E-state index in [9.17, 15) is 4.79 Å². The van der Waals surface area contributed by atoms with Crippen molar-refractivity contribution in [3.05, 3.63) is 40.7 Å². The molecule has 1 aromatic heterocycles. The van der Waals surface area contributed by atoms with Crippen LogP contribution >= 0.6 is 11.6 Å². The van der Waals surface area contributed by atoms with Crippen LogP contribution in [-0.4, -0.2) is 22.7 Å². The van der Waals surface area contributed by atoms with Crippen molar-refractivity contribution in [2.24, 2.45) is 7.05 Å². The number of hydrogen-bond acceptors (Lipinski definition) is 4. The summed E-state index contributed by atoms with van der Waals surface area (Å²) >= 11 is 5.93. The number of nitrogens with two attached hydrogens (primary N) is 1. The van der Waals surface area contributed by atoms with Crippen LogP contribution in [0.25, 0.3) is 0 Å². The van der Waals surface area contributed by atoms with Gasteiger partial charge in [0, 0.05) is 24.4 Å². The fourth-order valence-corrected chi connectivity index (χ4v) is 1.92. The Balaban J connectivity index is 2.47. The number of aryl methyl sites for hydroxylation is 1. The van der Waals surface area contributed by atoms with E-state index in [1.165, 1.54) is 18.0 Å². The number of rotatable bonds is 3. The van der Waals surface area contributed by atoms with E-state index in [2.05, 4.69) is 5.10 Å². The predicted octanol–water partition coefficient (Wildman–Crippen LogP) is 1.90. The van der Waals surface area contributed by atoms with E-state index in [1.807, 2.05) is 0 Å². The number of ether oxygens (including phenoxy) is 1. The summed E-state index contributed by atoms with van der Waals surface area (Å²) in [4.78, 5) is 12.3. The first-order valence-corrected chi connectivity index (χ1v) is 5.58. The molecule has 2 N–H and O–H groups in total. The molecular weight excluding hydrogens is 254 g/mol. The maximum atomic E-state index is 12.3. The lowest BCUT2D eigenvalue weighted by Crippen LogP contribution is -2.11. The summed E-state index contributed by atoms with van der Waals surface area (Å²) in [6.45, 7) is 0. The monoisotopic (exact) mass is 265 g/mol. The van der Waals surface area contributed by atoms with E-state index >= 15 is 0 Å². The fourth-order valence-electron chi connectivity index (χ4n) is 1.67. The average molecular weight is 266 g/mol. The summed E-state index contributed by atoms with van der Waals surface area (Å²) in [6.07, 6.45) is 1.43. The molecule has 2 aromatic rings. The number of carbonyl (C=O) groups is 1. The largest absolute Gasteiger partial charge is 0.497 e. The van der Waals surface area contributed by atoms with Crippen LogP contribution in [-0.2, 0) is 7.05 Å². The number of halogens is 1. The number of benzene rings is 1. The van der Waals surface area contributed by atoms with Gasteiger partial charge in [-0.2, -0.15) is 5.10 Å². The predicted molar refractivity (Wildman–Crippen MR) is 69.1 cm³/mol. The molecule has 0 saturated carbocycles. The Morgan fingerprint density at radius 1 is 1.50 bits per heavy atom. The molecule has 0 fully saturated rings. The van der Waals surface area contributed by atoms with Gasteiger partial charge in [-0.15, -0.1) is 0 Å². The molecule has 0 unspecified atom stereocenters. The van der Waals surface area contributed by atoms with Crippen LogP contribution in [0.4, 0.5) is 5.69 Å². The number of nitrogen functional groups attached to an aromatic ring is 1. The molecule has 5 nitrogen and oxygen atoms in total. The molecule has 1 heterocycles. The standard InChI is InChI=1S/C12H12ClN3O2/c1-16-11(9(13)6-15-16)12(17)8-4-3-7(18-2)5-10(8)14/h3-6H,14H2,1-2H3. The smallest absolute Gasteiger partial charge is 0.214 e. The normalized spacial score (nSPS) is 10.4. The summed E-state index contributed by atoms with van der Waals surface area (Å²) in [7, 11) is 3.19. The van der Waals surface area contributed by atoms with Gasteiger partial charge in [0.2, 0.25) is 5.78 Å². The van der Waals surface area contributed by atoms with Crippen LogP contribution in [0.2, 0.25) is 5.02 Å². The molecule has 1 aromatic carbocycles. The Morgan fingerprint density at radius 2 is 2.22 bits per heavy atom. The highest BCUT2D eigenvalue weighted by atomic mass is 35.5. The van der Waals surface area contributed by atoms with Crippen LogP contribution in [0, 0.1) is 0 Å². The van der Waals surface area contributed by atoms with Crippen molar-refractivity contribution < 1.29 is 9.53 Å². The van der Waals surface area contributed by atoms with Crippen molar-refractivity contribution in [2.45, 2.75) is 0 Å². The van der Waals surface area contributed by atoms with Crippen LogP contribution in [0.15, 0.2) is 24.4 Å². The maximum Gasteiger partial charge on any atom is 0.214 e. The molecule has 2 rings (SSSR count). The summed E-state index contributed by atoms with van der Waals surface area (Å²) in [5, 5.41) is 4.23. The zero-order chi connectivity index (χ0) is 13.3. The molecular formula is C12H12ClN3O2. The third kappa shape index (κ3) is 2.04. The number of carbonyl (C=O) groups excluding carboxylic acids is 1. The van der Waals surface area contributed by atoms with Crippen molar-refractivity contribution in [1.82, 2.24) is 9.78 Å². The number of ketones is 1. The zero-order valence-corrected chi connectivity index (χ0v) is 10.7. The first-order valence-electron chi connectivity index (χ1n) is 5.20. The third-order valence-electron chi connectivity index (χ3n) is 2.61. The van der Waals surface area contributed by atoms with Gasteiger partial charge in [0.25, 0.3) is 0 Å². The van der Waals surface area contributed by atoms with Gasteiger partial charge in [0.15, 0.2) is 0 Å². The Morgan fingerprint density at radius 3 is 2.72 bits per heavy atom. The SMILES string of the molecule is COc1ccc(C(=O)c2c(Cl)cnn2C)c(N)c1. The second-order valence-corrected chi connectivity index (χ2v) is 4.15. The van der Waals surface area contributed by atoms with Gasteiger partial charge in [-0.25, -0.2) is 0 Å². The molecule has 0 saturated heterocycles. The molecule has 0 atom stereocenters. The molecule has 0 spiro atoms. The second kappa shape index (κ2) is 4.70. The summed E-state index contributed by atoms with van der Waals surface area (Å²) in [5.74, 6) is 0.334. The molecule has 0 aliphatic rings. The van der Waals surface area contributed by atoms with Gasteiger partial charge in [-0.05, 0) is 12.1 Å². The van der Waals surface area contributed by atoms with Crippen molar-refractivity contribution >= 4 is 23.1 Å². The average Bonchev–Trinajstić information content (AvgIpc) is 2.68. The van der Waals surface area contributed by atoms with Gasteiger partial charge < -0.3 is 10.5 Å². The summed E-state index contributed by atoms with van der Waals surface area (Å²) < 4.78 is 6.46. The van der Waals surface area contributed by atoms with Crippen LogP contribution in [0.5, 0.6) is 5.75 Å². The van der Waals surface area contributed by atoms with Crippen molar-refractivity contribution in [3.63, 3.8) is 0 Å². The van der Waals surface area contributed by atoms with Gasteiger partial charge in [0.1, 0.15) is 11.4 Å². The lowest BCUT2D eigenvalue weighted by Gasteiger charge is -2.07. The van der Waals surface area contributed by atoms with E-state index in [0.717, 1.165) is 0 Å². The highest BCUT2D eigenvalue weighted by Crippen LogP contribution is 2.24. The maximum absolute atomic E-state index is 12.3. The highest BCUT2D eigenvalue weighted by molar-refractivity contribution is 6.34.